The second-order valence-electron chi connectivity index (χ2n) is 7.64. The van der Waals surface area contributed by atoms with Crippen molar-refractivity contribution in [3.8, 4) is 0 Å². The van der Waals surface area contributed by atoms with Gasteiger partial charge in [-0.15, -0.1) is 11.3 Å². The smallest absolute Gasteiger partial charge is 0.260 e. The summed E-state index contributed by atoms with van der Waals surface area (Å²) < 4.78 is 0. The van der Waals surface area contributed by atoms with E-state index >= 15 is 0 Å². The van der Waals surface area contributed by atoms with E-state index in [1.54, 1.807) is 11.3 Å². The first-order chi connectivity index (χ1) is 14.3. The molecule has 1 aliphatic rings. The number of nitrogens with zero attached hydrogens (tertiary/aromatic N) is 1. The number of quaternary nitrogens is 1. The van der Waals surface area contributed by atoms with Crippen LogP contribution in [-0.2, 0) is 19.4 Å². The molecule has 0 aliphatic heterocycles. The van der Waals surface area contributed by atoms with Gasteiger partial charge in [0.2, 0.25) is 0 Å². The van der Waals surface area contributed by atoms with E-state index in [0.717, 1.165) is 28.9 Å². The lowest BCUT2D eigenvalue weighted by molar-refractivity contribution is -0.703. The topological polar surface area (TPSA) is 62.4 Å². The van der Waals surface area contributed by atoms with Gasteiger partial charge in [0.1, 0.15) is 17.4 Å². The van der Waals surface area contributed by atoms with Crippen LogP contribution in [0.15, 0.2) is 65.5 Å². The third-order valence-corrected chi connectivity index (χ3v) is 6.92. The molecule has 146 valence electrons. The summed E-state index contributed by atoms with van der Waals surface area (Å²) in [6, 6.07) is 21.1. The van der Waals surface area contributed by atoms with Crippen molar-refractivity contribution in [2.75, 3.05) is 0 Å². The average molecular weight is 403 g/mol. The number of hydrogen-bond acceptors (Lipinski definition) is 3. The highest BCUT2D eigenvalue weighted by Crippen LogP contribution is 2.33. The van der Waals surface area contributed by atoms with Crippen LogP contribution in [0.2, 0.25) is 0 Å². The Balaban J connectivity index is 1.46. The fourth-order valence-corrected chi connectivity index (χ4v) is 5.60. The molecule has 0 bridgehead atoms. The van der Waals surface area contributed by atoms with Gasteiger partial charge in [0.05, 0.1) is 5.39 Å². The van der Waals surface area contributed by atoms with Crippen molar-refractivity contribution in [3.63, 3.8) is 0 Å². The number of nitrogens with two attached hydrogens (primary N) is 1. The van der Waals surface area contributed by atoms with Crippen LogP contribution in [-0.4, -0.2) is 9.97 Å². The standard InChI is InChI=1S/C24H23N3OS/c28-23-21-18-13-7-8-14-19(18)29-24(21)27-20(26-23)15-25-22(16-9-3-1-4-10-16)17-11-5-2-6-12-17/h1-6,9-12,22,25H,7-8,13-15H2,(H,26,27,28)/p+1. The first-order valence-electron chi connectivity index (χ1n) is 10.3. The molecule has 0 spiro atoms. The molecular weight excluding hydrogens is 378 g/mol. The van der Waals surface area contributed by atoms with E-state index in [-0.39, 0.29) is 11.6 Å². The lowest BCUT2D eigenvalue weighted by atomic mass is 9.97. The normalized spacial score (nSPS) is 13.7. The number of hydrogen-bond donors (Lipinski definition) is 2. The Morgan fingerprint density at radius 1 is 0.966 bits per heavy atom. The van der Waals surface area contributed by atoms with Crippen molar-refractivity contribution >= 4 is 21.6 Å². The quantitative estimate of drug-likeness (QED) is 0.534. The molecule has 2 aromatic heterocycles. The first kappa shape index (κ1) is 18.3. The lowest BCUT2D eigenvalue weighted by Crippen LogP contribution is -2.84. The average Bonchev–Trinajstić information content (AvgIpc) is 3.14. The number of aryl methyl sites for hydroxylation is 2. The summed E-state index contributed by atoms with van der Waals surface area (Å²) in [5, 5.41) is 3.08. The highest BCUT2D eigenvalue weighted by atomic mass is 32.1. The molecule has 1 aliphatic carbocycles. The summed E-state index contributed by atoms with van der Waals surface area (Å²) in [5.41, 5.74) is 3.75. The Labute approximate surface area is 173 Å². The van der Waals surface area contributed by atoms with Crippen molar-refractivity contribution in [1.82, 2.24) is 9.97 Å². The molecule has 3 N–H and O–H groups in total. The van der Waals surface area contributed by atoms with Gasteiger partial charge in [-0.05, 0) is 31.2 Å². The van der Waals surface area contributed by atoms with Crippen LogP contribution < -0.4 is 10.9 Å². The van der Waals surface area contributed by atoms with Gasteiger partial charge < -0.3 is 10.3 Å². The summed E-state index contributed by atoms with van der Waals surface area (Å²) >= 11 is 1.71. The zero-order chi connectivity index (χ0) is 19.6. The third kappa shape index (κ3) is 3.63. The summed E-state index contributed by atoms with van der Waals surface area (Å²) in [4.78, 5) is 23.0. The van der Waals surface area contributed by atoms with Crippen molar-refractivity contribution in [2.24, 2.45) is 0 Å². The number of aromatic nitrogens is 2. The van der Waals surface area contributed by atoms with Crippen LogP contribution in [0.1, 0.15) is 46.3 Å². The van der Waals surface area contributed by atoms with E-state index in [0.29, 0.717) is 6.54 Å². The Kier molecular flexibility index (Phi) is 5.00. The number of thiophene rings is 1. The van der Waals surface area contributed by atoms with Crippen molar-refractivity contribution in [3.05, 3.63) is 98.4 Å². The molecule has 0 fully saturated rings. The number of H-pyrrole nitrogens is 1. The van der Waals surface area contributed by atoms with E-state index in [9.17, 15) is 4.79 Å². The molecular formula is C24H24N3OS+. The number of nitrogens with one attached hydrogen (secondary N) is 1. The monoisotopic (exact) mass is 402 g/mol. The summed E-state index contributed by atoms with van der Waals surface area (Å²) in [7, 11) is 0. The van der Waals surface area contributed by atoms with Gasteiger partial charge >= 0.3 is 0 Å². The minimum Gasteiger partial charge on any atom is -0.330 e. The molecule has 0 amide bonds. The molecule has 0 unspecified atom stereocenters. The molecule has 4 aromatic rings. The molecule has 4 nitrogen and oxygen atoms in total. The van der Waals surface area contributed by atoms with Gasteiger partial charge in [0, 0.05) is 16.0 Å². The zero-order valence-electron chi connectivity index (χ0n) is 16.2. The maximum absolute atomic E-state index is 12.8. The highest BCUT2D eigenvalue weighted by Gasteiger charge is 2.21. The van der Waals surface area contributed by atoms with Gasteiger partial charge in [0.25, 0.3) is 5.56 Å². The summed E-state index contributed by atoms with van der Waals surface area (Å²) in [6.45, 7) is 0.627. The van der Waals surface area contributed by atoms with E-state index in [1.165, 1.54) is 34.4 Å². The number of rotatable bonds is 5. The van der Waals surface area contributed by atoms with Crippen LogP contribution in [0.3, 0.4) is 0 Å². The molecule has 0 atom stereocenters. The maximum atomic E-state index is 12.8. The third-order valence-electron chi connectivity index (χ3n) is 5.74. The minimum absolute atomic E-state index is 0.0220. The first-order valence-corrected chi connectivity index (χ1v) is 11.1. The predicted molar refractivity (Wildman–Crippen MR) is 117 cm³/mol. The van der Waals surface area contributed by atoms with Crippen molar-refractivity contribution in [2.45, 2.75) is 38.3 Å². The van der Waals surface area contributed by atoms with Crippen LogP contribution in [0.25, 0.3) is 10.2 Å². The zero-order valence-corrected chi connectivity index (χ0v) is 17.0. The van der Waals surface area contributed by atoms with E-state index in [2.05, 4.69) is 58.8 Å². The molecule has 5 heteroatoms. The minimum atomic E-state index is 0.0220. The number of aromatic amines is 1. The fraction of sp³-hybridized carbons (Fsp3) is 0.250. The largest absolute Gasteiger partial charge is 0.330 e. The van der Waals surface area contributed by atoms with Crippen molar-refractivity contribution in [1.29, 1.82) is 0 Å². The Hall–Kier alpha value is -2.76. The Morgan fingerprint density at radius 3 is 2.31 bits per heavy atom. The summed E-state index contributed by atoms with van der Waals surface area (Å²) in [5.74, 6) is 0.748. The van der Waals surface area contributed by atoms with Crippen LogP contribution >= 0.6 is 11.3 Å². The lowest BCUT2D eigenvalue weighted by Gasteiger charge is -2.16. The van der Waals surface area contributed by atoms with E-state index in [1.807, 2.05) is 12.1 Å². The molecule has 5 rings (SSSR count). The number of fused-ring (bicyclic) bond motifs is 3. The van der Waals surface area contributed by atoms with Gasteiger partial charge in [-0.25, -0.2) is 4.98 Å². The van der Waals surface area contributed by atoms with Crippen LogP contribution in [0, 0.1) is 0 Å². The predicted octanol–water partition coefficient (Wildman–Crippen LogP) is 3.72. The Bertz CT molecular complexity index is 1140. The maximum Gasteiger partial charge on any atom is 0.260 e. The number of benzene rings is 2. The van der Waals surface area contributed by atoms with Crippen LogP contribution in [0.4, 0.5) is 0 Å². The molecule has 29 heavy (non-hydrogen) atoms. The van der Waals surface area contributed by atoms with Gasteiger partial charge in [-0.1, -0.05) is 60.7 Å². The second kappa shape index (κ2) is 7.93. The highest BCUT2D eigenvalue weighted by molar-refractivity contribution is 7.18. The van der Waals surface area contributed by atoms with Crippen molar-refractivity contribution < 1.29 is 5.32 Å². The van der Waals surface area contributed by atoms with Crippen LogP contribution in [0.5, 0.6) is 0 Å². The van der Waals surface area contributed by atoms with Gasteiger partial charge in [-0.3, -0.25) is 4.79 Å². The van der Waals surface area contributed by atoms with E-state index in [4.69, 9.17) is 4.98 Å². The summed E-state index contributed by atoms with van der Waals surface area (Å²) in [6.07, 6.45) is 4.48. The molecule has 0 saturated heterocycles. The second-order valence-corrected chi connectivity index (χ2v) is 8.73. The molecule has 0 radical (unpaired) electrons. The van der Waals surface area contributed by atoms with E-state index < -0.39 is 0 Å². The Morgan fingerprint density at radius 2 is 1.62 bits per heavy atom. The molecule has 2 aromatic carbocycles. The molecule has 2 heterocycles. The SMILES string of the molecule is O=c1[nH]c(C[NH2+]C(c2ccccc2)c2ccccc2)nc2sc3c(c12)CCCC3. The molecule has 0 saturated carbocycles. The van der Waals surface area contributed by atoms with Gasteiger partial charge in [0.15, 0.2) is 5.82 Å². The van der Waals surface area contributed by atoms with Gasteiger partial charge in [-0.2, -0.15) is 0 Å². The fourth-order valence-electron chi connectivity index (χ4n) is 4.32.